The number of nitrogens with one attached hydrogen (secondary N) is 1. The Hall–Kier alpha value is -1.49. The lowest BCUT2D eigenvalue weighted by molar-refractivity contribution is 0.0691. The second kappa shape index (κ2) is 8.58. The summed E-state index contributed by atoms with van der Waals surface area (Å²) in [5, 5.41) is 11.8. The molecule has 5 heteroatoms. The van der Waals surface area contributed by atoms with E-state index in [-0.39, 0.29) is 17.0 Å². The molecule has 0 aliphatic rings. The zero-order valence-electron chi connectivity index (χ0n) is 11.0. The number of carboxylic acids is 1. The number of thioether (sulfide) groups is 1. The van der Waals surface area contributed by atoms with E-state index < -0.39 is 5.97 Å². The first kappa shape index (κ1) is 15.6. The van der Waals surface area contributed by atoms with Crippen LogP contribution in [-0.2, 0) is 0 Å². The molecule has 1 aromatic rings. The third-order valence-electron chi connectivity index (χ3n) is 2.71. The normalized spacial score (nSPS) is 10.2. The Balaban J connectivity index is 2.43. The highest BCUT2D eigenvalue weighted by Crippen LogP contribution is 2.08. The molecule has 1 rings (SSSR count). The Morgan fingerprint density at radius 1 is 1.16 bits per heavy atom. The zero-order valence-corrected chi connectivity index (χ0v) is 11.8. The highest BCUT2D eigenvalue weighted by molar-refractivity contribution is 7.98. The van der Waals surface area contributed by atoms with Crippen molar-refractivity contribution >= 4 is 23.6 Å². The number of rotatable bonds is 8. The van der Waals surface area contributed by atoms with Gasteiger partial charge in [-0.2, -0.15) is 11.8 Å². The predicted molar refractivity (Wildman–Crippen MR) is 78.0 cm³/mol. The van der Waals surface area contributed by atoms with Gasteiger partial charge in [0.05, 0.1) is 11.1 Å². The molecule has 1 amide bonds. The lowest BCUT2D eigenvalue weighted by Gasteiger charge is -2.07. The van der Waals surface area contributed by atoms with Gasteiger partial charge in [0, 0.05) is 6.54 Å². The van der Waals surface area contributed by atoms with Crippen LogP contribution in [0.5, 0.6) is 0 Å². The van der Waals surface area contributed by atoms with Gasteiger partial charge in [-0.25, -0.2) is 4.79 Å². The summed E-state index contributed by atoms with van der Waals surface area (Å²) in [5.41, 5.74) is 0.265. The number of aromatic carboxylic acids is 1. The summed E-state index contributed by atoms with van der Waals surface area (Å²) < 4.78 is 0. The number of unbranched alkanes of at least 4 members (excludes halogenated alkanes) is 2. The molecule has 104 valence electrons. The monoisotopic (exact) mass is 281 g/mol. The van der Waals surface area contributed by atoms with Gasteiger partial charge in [-0.15, -0.1) is 0 Å². The van der Waals surface area contributed by atoms with E-state index in [1.165, 1.54) is 12.1 Å². The van der Waals surface area contributed by atoms with Crippen molar-refractivity contribution in [3.8, 4) is 0 Å². The molecule has 0 saturated heterocycles. The maximum absolute atomic E-state index is 11.9. The van der Waals surface area contributed by atoms with Crippen molar-refractivity contribution in [3.63, 3.8) is 0 Å². The average molecular weight is 281 g/mol. The fourth-order valence-corrected chi connectivity index (χ4v) is 2.21. The van der Waals surface area contributed by atoms with E-state index in [4.69, 9.17) is 5.11 Å². The molecule has 0 unspecified atom stereocenters. The van der Waals surface area contributed by atoms with Crippen molar-refractivity contribution in [2.45, 2.75) is 19.3 Å². The van der Waals surface area contributed by atoms with Gasteiger partial charge in [0.25, 0.3) is 5.91 Å². The molecule has 19 heavy (non-hydrogen) atoms. The van der Waals surface area contributed by atoms with Crippen LogP contribution in [0.2, 0.25) is 0 Å². The SMILES string of the molecule is CSCCCCCNC(=O)c1ccccc1C(=O)O. The van der Waals surface area contributed by atoms with Gasteiger partial charge in [-0.1, -0.05) is 18.6 Å². The summed E-state index contributed by atoms with van der Waals surface area (Å²) in [7, 11) is 0. The van der Waals surface area contributed by atoms with Gasteiger partial charge >= 0.3 is 5.97 Å². The van der Waals surface area contributed by atoms with Crippen molar-refractivity contribution in [1.82, 2.24) is 5.32 Å². The first-order chi connectivity index (χ1) is 9.16. The first-order valence-electron chi connectivity index (χ1n) is 6.26. The zero-order chi connectivity index (χ0) is 14.1. The quantitative estimate of drug-likeness (QED) is 0.719. The Bertz CT molecular complexity index is 434. The Morgan fingerprint density at radius 2 is 1.84 bits per heavy atom. The molecule has 2 N–H and O–H groups in total. The molecule has 0 spiro atoms. The molecule has 0 aliphatic heterocycles. The second-order valence-electron chi connectivity index (χ2n) is 4.16. The van der Waals surface area contributed by atoms with Gasteiger partial charge < -0.3 is 10.4 Å². The molecular formula is C14H19NO3S. The van der Waals surface area contributed by atoms with Crippen LogP contribution in [0.1, 0.15) is 40.0 Å². The molecule has 0 heterocycles. The van der Waals surface area contributed by atoms with Crippen molar-refractivity contribution in [2.75, 3.05) is 18.6 Å². The predicted octanol–water partition coefficient (Wildman–Crippen LogP) is 2.65. The largest absolute Gasteiger partial charge is 0.478 e. The third kappa shape index (κ3) is 5.34. The standard InChI is InChI=1S/C14H19NO3S/c1-19-10-6-2-5-9-15-13(16)11-7-3-4-8-12(11)14(17)18/h3-4,7-8H,2,5-6,9-10H2,1H3,(H,15,16)(H,17,18). The number of amides is 1. The second-order valence-corrected chi connectivity index (χ2v) is 5.15. The number of carboxylic acid groups (broad SMARTS) is 1. The van der Waals surface area contributed by atoms with Gasteiger partial charge in [-0.3, -0.25) is 4.79 Å². The highest BCUT2D eigenvalue weighted by Gasteiger charge is 2.14. The maximum atomic E-state index is 11.9. The minimum absolute atomic E-state index is 0.0439. The smallest absolute Gasteiger partial charge is 0.336 e. The molecule has 0 aromatic heterocycles. The summed E-state index contributed by atoms with van der Waals surface area (Å²) >= 11 is 1.82. The minimum atomic E-state index is -1.08. The van der Waals surface area contributed by atoms with E-state index in [1.807, 2.05) is 11.8 Å². The molecule has 0 radical (unpaired) electrons. The summed E-state index contributed by atoms with van der Waals surface area (Å²) in [4.78, 5) is 22.9. The van der Waals surface area contributed by atoms with Gasteiger partial charge in [0.2, 0.25) is 0 Å². The number of hydrogen-bond donors (Lipinski definition) is 2. The van der Waals surface area contributed by atoms with Crippen molar-refractivity contribution in [3.05, 3.63) is 35.4 Å². The van der Waals surface area contributed by atoms with Crippen molar-refractivity contribution in [1.29, 1.82) is 0 Å². The van der Waals surface area contributed by atoms with Gasteiger partial charge in [0.1, 0.15) is 0 Å². The number of hydrogen-bond acceptors (Lipinski definition) is 3. The third-order valence-corrected chi connectivity index (χ3v) is 3.41. The molecular weight excluding hydrogens is 262 g/mol. The molecule has 0 fully saturated rings. The van der Waals surface area contributed by atoms with Gasteiger partial charge in [-0.05, 0) is 37.0 Å². The van der Waals surface area contributed by atoms with Crippen LogP contribution in [0.3, 0.4) is 0 Å². The molecule has 1 aromatic carbocycles. The van der Waals surface area contributed by atoms with Crippen LogP contribution in [-0.4, -0.2) is 35.5 Å². The van der Waals surface area contributed by atoms with Crippen LogP contribution in [0.4, 0.5) is 0 Å². The Morgan fingerprint density at radius 3 is 2.47 bits per heavy atom. The van der Waals surface area contributed by atoms with Crippen LogP contribution in [0.15, 0.2) is 24.3 Å². The van der Waals surface area contributed by atoms with E-state index in [1.54, 1.807) is 12.1 Å². The molecule has 0 aliphatic carbocycles. The van der Waals surface area contributed by atoms with Crippen molar-refractivity contribution < 1.29 is 14.7 Å². The van der Waals surface area contributed by atoms with Crippen LogP contribution in [0.25, 0.3) is 0 Å². The van der Waals surface area contributed by atoms with E-state index >= 15 is 0 Å². The Kier molecular flexibility index (Phi) is 7.03. The van der Waals surface area contributed by atoms with Crippen LogP contribution in [0, 0.1) is 0 Å². The van der Waals surface area contributed by atoms with Crippen LogP contribution >= 0.6 is 11.8 Å². The fraction of sp³-hybridized carbons (Fsp3) is 0.429. The molecule has 4 nitrogen and oxygen atoms in total. The number of carbonyl (C=O) groups is 2. The number of carbonyl (C=O) groups excluding carboxylic acids is 1. The minimum Gasteiger partial charge on any atom is -0.478 e. The van der Waals surface area contributed by atoms with E-state index in [2.05, 4.69) is 11.6 Å². The van der Waals surface area contributed by atoms with Gasteiger partial charge in [0.15, 0.2) is 0 Å². The topological polar surface area (TPSA) is 66.4 Å². The maximum Gasteiger partial charge on any atom is 0.336 e. The first-order valence-corrected chi connectivity index (χ1v) is 7.65. The molecule has 0 atom stereocenters. The molecule has 0 bridgehead atoms. The van der Waals surface area contributed by atoms with Crippen molar-refractivity contribution in [2.24, 2.45) is 0 Å². The lowest BCUT2D eigenvalue weighted by Crippen LogP contribution is -2.26. The average Bonchev–Trinajstić information content (AvgIpc) is 2.42. The fourth-order valence-electron chi connectivity index (χ4n) is 1.71. The van der Waals surface area contributed by atoms with E-state index in [0.29, 0.717) is 6.54 Å². The Labute approximate surface area is 117 Å². The summed E-state index contributed by atoms with van der Waals surface area (Å²) in [6.45, 7) is 0.584. The summed E-state index contributed by atoms with van der Waals surface area (Å²) in [5.74, 6) is -0.260. The van der Waals surface area contributed by atoms with E-state index in [0.717, 1.165) is 25.0 Å². The number of benzene rings is 1. The lowest BCUT2D eigenvalue weighted by atomic mass is 10.1. The highest BCUT2D eigenvalue weighted by atomic mass is 32.2. The molecule has 0 saturated carbocycles. The summed E-state index contributed by atoms with van der Waals surface area (Å²) in [6.07, 6.45) is 5.20. The summed E-state index contributed by atoms with van der Waals surface area (Å²) in [6, 6.07) is 6.25. The van der Waals surface area contributed by atoms with E-state index in [9.17, 15) is 9.59 Å². The van der Waals surface area contributed by atoms with Crippen LogP contribution < -0.4 is 5.32 Å².